The highest BCUT2D eigenvalue weighted by molar-refractivity contribution is 9.10. The second-order valence-corrected chi connectivity index (χ2v) is 5.26. The summed E-state index contributed by atoms with van der Waals surface area (Å²) in [5, 5.41) is 4.06. The van der Waals surface area contributed by atoms with Crippen LogP contribution in [-0.4, -0.2) is 11.5 Å². The maximum absolute atomic E-state index is 12.9. The SMILES string of the molecule is CCCNc1cc(C(F)F)nc2c(C)ccc(Br)c12. The van der Waals surface area contributed by atoms with Crippen LogP contribution in [0.15, 0.2) is 22.7 Å². The van der Waals surface area contributed by atoms with E-state index in [1.807, 2.05) is 26.0 Å². The standard InChI is InChI=1S/C14H15BrF2N2/c1-3-6-18-10-7-11(14(16)17)19-13-8(2)4-5-9(15)12(10)13/h4-5,7,14H,3,6H2,1-2H3,(H,18,19). The van der Waals surface area contributed by atoms with Crippen molar-refractivity contribution in [3.63, 3.8) is 0 Å². The molecule has 2 nitrogen and oxygen atoms in total. The molecule has 0 unspecified atom stereocenters. The van der Waals surface area contributed by atoms with Gasteiger partial charge in [0, 0.05) is 22.1 Å². The quantitative estimate of drug-likeness (QED) is 0.847. The van der Waals surface area contributed by atoms with Gasteiger partial charge in [-0.25, -0.2) is 13.8 Å². The Balaban J connectivity index is 2.70. The molecule has 1 aromatic heterocycles. The third-order valence-corrected chi connectivity index (χ3v) is 3.58. The summed E-state index contributed by atoms with van der Waals surface area (Å²) >= 11 is 3.47. The third-order valence-electron chi connectivity index (χ3n) is 2.92. The van der Waals surface area contributed by atoms with E-state index in [0.717, 1.165) is 28.4 Å². The molecule has 0 saturated carbocycles. The number of pyridine rings is 1. The van der Waals surface area contributed by atoms with Gasteiger partial charge in [0.1, 0.15) is 5.69 Å². The van der Waals surface area contributed by atoms with Crippen molar-refractivity contribution in [2.45, 2.75) is 26.7 Å². The average Bonchev–Trinajstić information content (AvgIpc) is 2.39. The second kappa shape index (κ2) is 5.82. The van der Waals surface area contributed by atoms with Crippen LogP contribution in [0.3, 0.4) is 0 Å². The highest BCUT2D eigenvalue weighted by Gasteiger charge is 2.15. The molecule has 0 bridgehead atoms. The van der Waals surface area contributed by atoms with Gasteiger partial charge in [0.2, 0.25) is 0 Å². The summed E-state index contributed by atoms with van der Waals surface area (Å²) in [4.78, 5) is 4.08. The van der Waals surface area contributed by atoms with Crippen LogP contribution in [0.2, 0.25) is 0 Å². The number of rotatable bonds is 4. The van der Waals surface area contributed by atoms with Crippen molar-refractivity contribution in [1.82, 2.24) is 4.98 Å². The summed E-state index contributed by atoms with van der Waals surface area (Å²) in [5.41, 5.74) is 2.02. The van der Waals surface area contributed by atoms with Gasteiger partial charge in [-0.2, -0.15) is 0 Å². The minimum Gasteiger partial charge on any atom is -0.384 e. The molecule has 2 aromatic rings. The highest BCUT2D eigenvalue weighted by atomic mass is 79.9. The molecule has 1 aromatic carbocycles. The maximum atomic E-state index is 12.9. The zero-order valence-corrected chi connectivity index (χ0v) is 12.4. The van der Waals surface area contributed by atoms with Crippen LogP contribution in [0.5, 0.6) is 0 Å². The highest BCUT2D eigenvalue weighted by Crippen LogP contribution is 2.34. The lowest BCUT2D eigenvalue weighted by molar-refractivity contribution is 0.146. The summed E-state index contributed by atoms with van der Waals surface area (Å²) in [6, 6.07) is 5.23. The molecule has 5 heteroatoms. The number of nitrogens with zero attached hydrogens (tertiary/aromatic N) is 1. The molecule has 0 aliphatic heterocycles. The molecule has 0 amide bonds. The minimum absolute atomic E-state index is 0.188. The molecule has 102 valence electrons. The van der Waals surface area contributed by atoms with Crippen LogP contribution in [0.1, 0.15) is 31.0 Å². The number of fused-ring (bicyclic) bond motifs is 1. The van der Waals surface area contributed by atoms with Crippen molar-refractivity contribution in [3.05, 3.63) is 33.9 Å². The predicted octanol–water partition coefficient (Wildman–Crippen LogP) is 5.07. The van der Waals surface area contributed by atoms with Gasteiger partial charge < -0.3 is 5.32 Å². The van der Waals surface area contributed by atoms with Gasteiger partial charge in [-0.3, -0.25) is 0 Å². The zero-order valence-electron chi connectivity index (χ0n) is 10.8. The summed E-state index contributed by atoms with van der Waals surface area (Å²) < 4.78 is 26.7. The van der Waals surface area contributed by atoms with E-state index in [-0.39, 0.29) is 5.69 Å². The van der Waals surface area contributed by atoms with E-state index in [1.165, 1.54) is 6.07 Å². The molecular formula is C14H15BrF2N2. The lowest BCUT2D eigenvalue weighted by Gasteiger charge is -2.13. The Morgan fingerprint density at radius 2 is 2.11 bits per heavy atom. The first-order chi connectivity index (χ1) is 9.04. The number of nitrogens with one attached hydrogen (secondary N) is 1. The Bertz CT molecular complexity index is 600. The minimum atomic E-state index is -2.56. The second-order valence-electron chi connectivity index (χ2n) is 4.41. The monoisotopic (exact) mass is 328 g/mol. The molecule has 0 radical (unpaired) electrons. The number of halogens is 3. The number of hydrogen-bond acceptors (Lipinski definition) is 2. The molecule has 2 rings (SSSR count). The molecule has 0 aliphatic rings. The fourth-order valence-electron chi connectivity index (χ4n) is 1.96. The lowest BCUT2D eigenvalue weighted by atomic mass is 10.1. The first kappa shape index (κ1) is 14.2. The van der Waals surface area contributed by atoms with E-state index in [9.17, 15) is 8.78 Å². The Kier molecular flexibility index (Phi) is 4.34. The van der Waals surface area contributed by atoms with Gasteiger partial charge >= 0.3 is 0 Å². The fourth-order valence-corrected chi connectivity index (χ4v) is 2.50. The molecule has 0 atom stereocenters. The molecule has 0 spiro atoms. The number of benzene rings is 1. The van der Waals surface area contributed by atoms with Crippen LogP contribution in [0, 0.1) is 6.92 Å². The van der Waals surface area contributed by atoms with E-state index in [0.29, 0.717) is 11.2 Å². The molecule has 1 N–H and O–H groups in total. The zero-order chi connectivity index (χ0) is 14.0. The van der Waals surface area contributed by atoms with Gasteiger partial charge in [0.05, 0.1) is 5.52 Å². The summed E-state index contributed by atoms with van der Waals surface area (Å²) in [6.07, 6.45) is -1.64. The summed E-state index contributed by atoms with van der Waals surface area (Å²) in [6.45, 7) is 4.65. The smallest absolute Gasteiger partial charge is 0.280 e. The molecule has 19 heavy (non-hydrogen) atoms. The van der Waals surface area contributed by atoms with E-state index in [4.69, 9.17) is 0 Å². The van der Waals surface area contributed by atoms with Gasteiger partial charge in [-0.1, -0.05) is 28.9 Å². The Morgan fingerprint density at radius 3 is 2.74 bits per heavy atom. The van der Waals surface area contributed by atoms with Crippen molar-refractivity contribution >= 4 is 32.5 Å². The van der Waals surface area contributed by atoms with E-state index >= 15 is 0 Å². The van der Waals surface area contributed by atoms with Crippen molar-refractivity contribution in [2.75, 3.05) is 11.9 Å². The molecule has 0 aliphatic carbocycles. The molecular weight excluding hydrogens is 314 g/mol. The van der Waals surface area contributed by atoms with Gasteiger partial charge in [0.15, 0.2) is 0 Å². The third kappa shape index (κ3) is 2.86. The maximum Gasteiger partial charge on any atom is 0.280 e. The number of hydrogen-bond donors (Lipinski definition) is 1. The van der Waals surface area contributed by atoms with E-state index in [2.05, 4.69) is 26.2 Å². The number of aromatic nitrogens is 1. The Labute approximate surface area is 119 Å². The summed E-state index contributed by atoms with van der Waals surface area (Å²) in [5.74, 6) is 0. The van der Waals surface area contributed by atoms with Crippen LogP contribution in [0.4, 0.5) is 14.5 Å². The fraction of sp³-hybridized carbons (Fsp3) is 0.357. The van der Waals surface area contributed by atoms with Crippen molar-refractivity contribution < 1.29 is 8.78 Å². The number of anilines is 1. The first-order valence-electron chi connectivity index (χ1n) is 6.16. The number of aryl methyl sites for hydroxylation is 1. The molecule has 1 heterocycles. The van der Waals surface area contributed by atoms with Gasteiger partial charge in [-0.15, -0.1) is 0 Å². The molecule has 0 saturated heterocycles. The van der Waals surface area contributed by atoms with Gasteiger partial charge in [-0.05, 0) is 31.0 Å². The predicted molar refractivity (Wildman–Crippen MR) is 77.9 cm³/mol. The topological polar surface area (TPSA) is 24.9 Å². The Morgan fingerprint density at radius 1 is 1.37 bits per heavy atom. The summed E-state index contributed by atoms with van der Waals surface area (Å²) in [7, 11) is 0. The lowest BCUT2D eigenvalue weighted by Crippen LogP contribution is -2.04. The molecule has 0 fully saturated rings. The Hall–Kier alpha value is -1.23. The number of alkyl halides is 2. The van der Waals surface area contributed by atoms with Crippen LogP contribution < -0.4 is 5.32 Å². The van der Waals surface area contributed by atoms with Crippen LogP contribution in [-0.2, 0) is 0 Å². The first-order valence-corrected chi connectivity index (χ1v) is 6.95. The van der Waals surface area contributed by atoms with E-state index in [1.54, 1.807) is 0 Å². The van der Waals surface area contributed by atoms with Crippen molar-refractivity contribution in [1.29, 1.82) is 0 Å². The van der Waals surface area contributed by atoms with Crippen LogP contribution >= 0.6 is 15.9 Å². The van der Waals surface area contributed by atoms with Gasteiger partial charge in [0.25, 0.3) is 6.43 Å². The largest absolute Gasteiger partial charge is 0.384 e. The van der Waals surface area contributed by atoms with Crippen LogP contribution in [0.25, 0.3) is 10.9 Å². The van der Waals surface area contributed by atoms with Crippen molar-refractivity contribution in [2.24, 2.45) is 0 Å². The normalized spacial score (nSPS) is 11.3. The van der Waals surface area contributed by atoms with Crippen molar-refractivity contribution in [3.8, 4) is 0 Å². The average molecular weight is 329 g/mol. The van der Waals surface area contributed by atoms with E-state index < -0.39 is 6.43 Å².